The average Bonchev–Trinajstić information content (AvgIpc) is 3.24. The fourth-order valence-corrected chi connectivity index (χ4v) is 4.47. The number of aromatic nitrogens is 1. The number of amides is 2. The molecule has 1 atom stereocenters. The van der Waals surface area contributed by atoms with E-state index in [1.54, 1.807) is 48.4 Å². The molecule has 1 fully saturated rings. The molecule has 31 heavy (non-hydrogen) atoms. The lowest BCUT2D eigenvalue weighted by atomic mass is 9.79. The van der Waals surface area contributed by atoms with Crippen molar-refractivity contribution < 1.29 is 9.59 Å². The zero-order valence-electron chi connectivity index (χ0n) is 18.0. The van der Waals surface area contributed by atoms with Gasteiger partial charge in [-0.15, -0.1) is 0 Å². The third-order valence-electron chi connectivity index (χ3n) is 5.99. The Labute approximate surface area is 183 Å². The minimum atomic E-state index is -0.628. The van der Waals surface area contributed by atoms with E-state index in [4.69, 9.17) is 0 Å². The van der Waals surface area contributed by atoms with Crippen molar-refractivity contribution >= 4 is 11.8 Å². The zero-order chi connectivity index (χ0) is 21.8. The first kappa shape index (κ1) is 20.8. The molecule has 0 N–H and O–H groups in total. The predicted octanol–water partition coefficient (Wildman–Crippen LogP) is 3.91. The molecule has 1 aliphatic rings. The van der Waals surface area contributed by atoms with Gasteiger partial charge in [0.15, 0.2) is 0 Å². The maximum atomic E-state index is 13.3. The first-order valence-corrected chi connectivity index (χ1v) is 10.5. The molecule has 158 valence electrons. The highest BCUT2D eigenvalue weighted by Crippen LogP contribution is 2.37. The van der Waals surface area contributed by atoms with E-state index >= 15 is 0 Å². The van der Waals surface area contributed by atoms with Gasteiger partial charge in [-0.25, -0.2) is 0 Å². The van der Waals surface area contributed by atoms with Crippen LogP contribution in [0.2, 0.25) is 0 Å². The summed E-state index contributed by atoms with van der Waals surface area (Å²) in [5, 5.41) is 0. The highest BCUT2D eigenvalue weighted by Gasteiger charge is 2.46. The average molecular weight is 414 g/mol. The number of likely N-dealkylation sites (tertiary alicyclic amines) is 1. The van der Waals surface area contributed by atoms with Gasteiger partial charge in [-0.3, -0.25) is 14.6 Å². The van der Waals surface area contributed by atoms with Crippen LogP contribution in [0.15, 0.2) is 79.1 Å². The van der Waals surface area contributed by atoms with Crippen LogP contribution in [0.4, 0.5) is 0 Å². The van der Waals surface area contributed by atoms with E-state index < -0.39 is 5.41 Å². The van der Waals surface area contributed by atoms with E-state index in [2.05, 4.69) is 35.3 Å². The SMILES string of the molecule is CN(C)C(=O)[C@@]1(Cc2cccc(-c3ccccc3)c2)CCN(C(=O)c2cccnc2)C1. The van der Waals surface area contributed by atoms with Crippen molar-refractivity contribution in [2.75, 3.05) is 27.2 Å². The van der Waals surface area contributed by atoms with Crippen LogP contribution in [0.25, 0.3) is 11.1 Å². The number of hydrogen-bond acceptors (Lipinski definition) is 3. The molecule has 0 aliphatic carbocycles. The molecule has 0 radical (unpaired) electrons. The Balaban J connectivity index is 1.61. The first-order chi connectivity index (χ1) is 15.0. The number of carbonyl (C=O) groups excluding carboxylic acids is 2. The van der Waals surface area contributed by atoms with Gasteiger partial charge in [0.25, 0.3) is 5.91 Å². The molecule has 2 aromatic carbocycles. The molecule has 1 aromatic heterocycles. The summed E-state index contributed by atoms with van der Waals surface area (Å²) in [6, 6.07) is 22.1. The van der Waals surface area contributed by atoms with Gasteiger partial charge in [-0.05, 0) is 41.7 Å². The van der Waals surface area contributed by atoms with Crippen LogP contribution >= 0.6 is 0 Å². The van der Waals surface area contributed by atoms with E-state index in [1.165, 1.54) is 0 Å². The van der Waals surface area contributed by atoms with Crippen LogP contribution in [0, 0.1) is 5.41 Å². The summed E-state index contributed by atoms with van der Waals surface area (Å²) in [4.78, 5) is 33.8. The van der Waals surface area contributed by atoms with Crippen molar-refractivity contribution in [3.05, 3.63) is 90.3 Å². The molecule has 5 nitrogen and oxygen atoms in total. The molecular weight excluding hydrogens is 386 g/mol. The first-order valence-electron chi connectivity index (χ1n) is 10.5. The van der Waals surface area contributed by atoms with Crippen LogP contribution in [-0.4, -0.2) is 53.8 Å². The van der Waals surface area contributed by atoms with E-state index in [-0.39, 0.29) is 11.8 Å². The number of hydrogen-bond donors (Lipinski definition) is 0. The van der Waals surface area contributed by atoms with Gasteiger partial charge in [0.1, 0.15) is 0 Å². The summed E-state index contributed by atoms with van der Waals surface area (Å²) >= 11 is 0. The summed E-state index contributed by atoms with van der Waals surface area (Å²) in [5.74, 6) is -0.00123. The monoisotopic (exact) mass is 413 g/mol. The van der Waals surface area contributed by atoms with Crippen LogP contribution < -0.4 is 0 Å². The Kier molecular flexibility index (Phi) is 5.85. The molecule has 1 saturated heterocycles. The molecule has 5 heteroatoms. The summed E-state index contributed by atoms with van der Waals surface area (Å²) in [6.45, 7) is 0.971. The maximum absolute atomic E-state index is 13.3. The number of nitrogens with zero attached hydrogens (tertiary/aromatic N) is 3. The summed E-state index contributed by atoms with van der Waals surface area (Å²) in [5.41, 5.74) is 3.31. The van der Waals surface area contributed by atoms with Gasteiger partial charge in [0.05, 0.1) is 11.0 Å². The van der Waals surface area contributed by atoms with Gasteiger partial charge in [0.2, 0.25) is 5.91 Å². The minimum absolute atomic E-state index is 0.0686. The smallest absolute Gasteiger partial charge is 0.255 e. The highest BCUT2D eigenvalue weighted by atomic mass is 16.2. The lowest BCUT2D eigenvalue weighted by Gasteiger charge is -2.31. The minimum Gasteiger partial charge on any atom is -0.348 e. The van der Waals surface area contributed by atoms with Gasteiger partial charge in [0, 0.05) is 39.6 Å². The lowest BCUT2D eigenvalue weighted by Crippen LogP contribution is -2.44. The highest BCUT2D eigenvalue weighted by molar-refractivity contribution is 5.95. The Hall–Kier alpha value is -3.47. The van der Waals surface area contributed by atoms with Crippen LogP contribution in [0.5, 0.6) is 0 Å². The molecular formula is C26H27N3O2. The Morgan fingerprint density at radius 1 is 1.00 bits per heavy atom. The molecule has 2 heterocycles. The third-order valence-corrected chi connectivity index (χ3v) is 5.99. The molecule has 0 unspecified atom stereocenters. The Bertz CT molecular complexity index is 1070. The molecule has 1 aliphatic heterocycles. The molecule has 4 rings (SSSR count). The standard InChI is InChI=1S/C26H27N3O2/c1-28(2)25(31)26(13-15-29(19-26)24(30)23-12-7-14-27-18-23)17-20-8-6-11-22(16-20)21-9-4-3-5-10-21/h3-12,14,16,18H,13,15,17,19H2,1-2H3/t26-/m1/s1. The molecule has 0 saturated carbocycles. The van der Waals surface area contributed by atoms with E-state index in [1.807, 2.05) is 24.3 Å². The van der Waals surface area contributed by atoms with E-state index in [0.29, 0.717) is 31.5 Å². The van der Waals surface area contributed by atoms with Crippen molar-refractivity contribution in [2.24, 2.45) is 5.41 Å². The van der Waals surface area contributed by atoms with Gasteiger partial charge in [-0.1, -0.05) is 54.6 Å². The topological polar surface area (TPSA) is 53.5 Å². The number of benzene rings is 2. The van der Waals surface area contributed by atoms with Crippen LogP contribution in [-0.2, 0) is 11.2 Å². The molecule has 3 aromatic rings. The lowest BCUT2D eigenvalue weighted by molar-refractivity contribution is -0.138. The second-order valence-corrected chi connectivity index (χ2v) is 8.44. The van der Waals surface area contributed by atoms with Crippen molar-refractivity contribution in [2.45, 2.75) is 12.8 Å². The summed E-state index contributed by atoms with van der Waals surface area (Å²) in [6.07, 6.45) is 4.48. The van der Waals surface area contributed by atoms with Crippen molar-refractivity contribution in [1.82, 2.24) is 14.8 Å². The predicted molar refractivity (Wildman–Crippen MR) is 121 cm³/mol. The van der Waals surface area contributed by atoms with Crippen LogP contribution in [0.3, 0.4) is 0 Å². The fraction of sp³-hybridized carbons (Fsp3) is 0.269. The molecule has 0 bridgehead atoms. The number of carbonyl (C=O) groups is 2. The van der Waals surface area contributed by atoms with Gasteiger partial charge < -0.3 is 9.80 Å². The van der Waals surface area contributed by atoms with Gasteiger partial charge in [-0.2, -0.15) is 0 Å². The quantitative estimate of drug-likeness (QED) is 0.637. The largest absolute Gasteiger partial charge is 0.348 e. The van der Waals surface area contributed by atoms with Crippen molar-refractivity contribution in [3.8, 4) is 11.1 Å². The fourth-order valence-electron chi connectivity index (χ4n) is 4.47. The van der Waals surface area contributed by atoms with Crippen molar-refractivity contribution in [3.63, 3.8) is 0 Å². The normalized spacial score (nSPS) is 18.1. The summed E-state index contributed by atoms with van der Waals surface area (Å²) < 4.78 is 0. The molecule has 2 amide bonds. The zero-order valence-corrected chi connectivity index (χ0v) is 18.0. The Morgan fingerprint density at radius 2 is 1.77 bits per heavy atom. The van der Waals surface area contributed by atoms with E-state index in [0.717, 1.165) is 16.7 Å². The summed E-state index contributed by atoms with van der Waals surface area (Å²) in [7, 11) is 3.58. The second-order valence-electron chi connectivity index (χ2n) is 8.44. The van der Waals surface area contributed by atoms with E-state index in [9.17, 15) is 9.59 Å². The number of pyridine rings is 1. The van der Waals surface area contributed by atoms with Crippen molar-refractivity contribution in [1.29, 1.82) is 0 Å². The Morgan fingerprint density at radius 3 is 2.48 bits per heavy atom. The second kappa shape index (κ2) is 8.72. The maximum Gasteiger partial charge on any atom is 0.255 e. The molecule has 0 spiro atoms. The van der Waals surface area contributed by atoms with Gasteiger partial charge >= 0.3 is 0 Å². The van der Waals surface area contributed by atoms with Crippen LogP contribution in [0.1, 0.15) is 22.3 Å². The third kappa shape index (κ3) is 4.36. The number of rotatable bonds is 5.